The molecule has 0 aromatic heterocycles. The van der Waals surface area contributed by atoms with Crippen LogP contribution in [0.15, 0.2) is 36.4 Å². The van der Waals surface area contributed by atoms with Crippen LogP contribution in [0.5, 0.6) is 11.5 Å². The number of rotatable bonds is 9. The third kappa shape index (κ3) is 8.89. The van der Waals surface area contributed by atoms with Gasteiger partial charge in [0, 0.05) is 74.9 Å². The fraction of sp³-hybridized carbons (Fsp3) is 0.586. The van der Waals surface area contributed by atoms with E-state index in [1.165, 1.54) is 0 Å². The van der Waals surface area contributed by atoms with Crippen LogP contribution in [-0.2, 0) is 0 Å². The highest BCUT2D eigenvalue weighted by Gasteiger charge is 2.21. The van der Waals surface area contributed by atoms with Crippen LogP contribution in [0, 0.1) is 13.8 Å². The number of piperazine rings is 2. The Bertz CT molecular complexity index is 1010. The molecule has 0 bridgehead atoms. The molecule has 2 heterocycles. The van der Waals surface area contributed by atoms with Gasteiger partial charge in [0.2, 0.25) is 0 Å². The SMILES string of the molecule is CCCN1CCN(c2cccc(OC(F)F)c2C)CC1.CCN1CCN(c2cccc(OC(F)F)c2C)CC1. The fourth-order valence-electron chi connectivity index (χ4n) is 5.17. The standard InChI is InChI=1S/C15H22F2N2O.C14H20F2N2O/c1-3-7-18-8-10-19(11-9-18)13-5-4-6-14(12(13)2)20-15(16)17;1-3-17-7-9-18(10-8-17)12-5-4-6-13(11(12)2)19-14(15)16/h4-6,15H,3,7-11H2,1-2H3;4-6,14H,3,7-10H2,1-2H3. The number of benzene rings is 2. The maximum atomic E-state index is 12.4. The van der Waals surface area contributed by atoms with E-state index in [1.807, 2.05) is 26.0 Å². The van der Waals surface area contributed by atoms with Crippen LogP contribution in [0.4, 0.5) is 28.9 Å². The summed E-state index contributed by atoms with van der Waals surface area (Å²) < 4.78 is 58.5. The van der Waals surface area contributed by atoms with Gasteiger partial charge >= 0.3 is 13.2 Å². The van der Waals surface area contributed by atoms with Crippen molar-refractivity contribution in [3.8, 4) is 11.5 Å². The van der Waals surface area contributed by atoms with Gasteiger partial charge in [-0.05, 0) is 57.6 Å². The molecular weight excluding hydrogens is 512 g/mol. The molecular formula is C29H42F4N4O2. The lowest BCUT2D eigenvalue weighted by molar-refractivity contribution is -0.0509. The van der Waals surface area contributed by atoms with E-state index in [4.69, 9.17) is 0 Å². The van der Waals surface area contributed by atoms with Gasteiger partial charge < -0.3 is 24.2 Å². The first-order valence-electron chi connectivity index (χ1n) is 13.8. The molecule has 6 nitrogen and oxygen atoms in total. The van der Waals surface area contributed by atoms with Gasteiger partial charge in [-0.1, -0.05) is 26.0 Å². The van der Waals surface area contributed by atoms with Crippen molar-refractivity contribution in [2.75, 3.05) is 75.2 Å². The summed E-state index contributed by atoms with van der Waals surface area (Å²) in [6.45, 7) is 12.4. The predicted octanol–water partition coefficient (Wildman–Crippen LogP) is 5.87. The molecule has 0 aliphatic carbocycles. The molecule has 0 radical (unpaired) electrons. The summed E-state index contributed by atoms with van der Waals surface area (Å²) in [4.78, 5) is 9.30. The number of hydrogen-bond donors (Lipinski definition) is 0. The van der Waals surface area contributed by atoms with E-state index in [-0.39, 0.29) is 11.5 Å². The van der Waals surface area contributed by atoms with Crippen molar-refractivity contribution in [1.82, 2.24) is 9.80 Å². The Kier molecular flexibility index (Phi) is 12.0. The predicted molar refractivity (Wildman–Crippen MR) is 149 cm³/mol. The summed E-state index contributed by atoms with van der Waals surface area (Å²) in [6.07, 6.45) is 1.16. The largest absolute Gasteiger partial charge is 0.434 e. The van der Waals surface area contributed by atoms with Gasteiger partial charge in [0.25, 0.3) is 0 Å². The van der Waals surface area contributed by atoms with Crippen LogP contribution >= 0.6 is 0 Å². The zero-order valence-electron chi connectivity index (χ0n) is 23.5. The first-order valence-corrected chi connectivity index (χ1v) is 13.8. The second kappa shape index (κ2) is 15.2. The molecule has 10 heteroatoms. The zero-order valence-corrected chi connectivity index (χ0v) is 23.5. The highest BCUT2D eigenvalue weighted by molar-refractivity contribution is 5.60. The van der Waals surface area contributed by atoms with Crippen molar-refractivity contribution >= 4 is 11.4 Å². The zero-order chi connectivity index (χ0) is 28.4. The van der Waals surface area contributed by atoms with Gasteiger partial charge in [-0.2, -0.15) is 17.6 Å². The number of anilines is 2. The lowest BCUT2D eigenvalue weighted by atomic mass is 10.1. The first kappa shape index (κ1) is 30.8. The number of alkyl halides is 4. The van der Waals surface area contributed by atoms with Gasteiger partial charge in [0.1, 0.15) is 11.5 Å². The summed E-state index contributed by atoms with van der Waals surface area (Å²) in [5.41, 5.74) is 3.57. The average Bonchev–Trinajstić information content (AvgIpc) is 2.92. The van der Waals surface area contributed by atoms with E-state index in [9.17, 15) is 17.6 Å². The van der Waals surface area contributed by atoms with Crippen LogP contribution in [0.3, 0.4) is 0 Å². The minimum atomic E-state index is -2.77. The van der Waals surface area contributed by atoms with Gasteiger partial charge in [-0.3, -0.25) is 4.90 Å². The Balaban J connectivity index is 0.000000216. The minimum Gasteiger partial charge on any atom is -0.434 e. The van der Waals surface area contributed by atoms with E-state index >= 15 is 0 Å². The molecule has 0 N–H and O–H groups in total. The second-order valence-corrected chi connectivity index (χ2v) is 9.81. The van der Waals surface area contributed by atoms with E-state index in [0.29, 0.717) is 0 Å². The van der Waals surface area contributed by atoms with E-state index < -0.39 is 13.2 Å². The third-order valence-electron chi connectivity index (χ3n) is 7.36. The molecule has 2 aromatic rings. The molecule has 39 heavy (non-hydrogen) atoms. The lowest BCUT2D eigenvalue weighted by Crippen LogP contribution is -2.46. The lowest BCUT2D eigenvalue weighted by Gasteiger charge is -2.36. The van der Waals surface area contributed by atoms with Gasteiger partial charge in [-0.25, -0.2) is 0 Å². The Hall–Kier alpha value is -2.72. The normalized spacial score (nSPS) is 16.9. The van der Waals surface area contributed by atoms with Gasteiger partial charge in [0.15, 0.2) is 0 Å². The van der Waals surface area contributed by atoms with Crippen LogP contribution in [0.25, 0.3) is 0 Å². The smallest absolute Gasteiger partial charge is 0.387 e. The number of ether oxygens (including phenoxy) is 2. The second-order valence-electron chi connectivity index (χ2n) is 9.81. The van der Waals surface area contributed by atoms with Crippen LogP contribution in [-0.4, -0.2) is 88.5 Å². The van der Waals surface area contributed by atoms with Crippen molar-refractivity contribution < 1.29 is 27.0 Å². The van der Waals surface area contributed by atoms with E-state index in [1.54, 1.807) is 24.3 Å². The topological polar surface area (TPSA) is 31.4 Å². The molecule has 4 rings (SSSR count). The summed E-state index contributed by atoms with van der Waals surface area (Å²) in [7, 11) is 0. The van der Waals surface area contributed by atoms with Gasteiger partial charge in [0.05, 0.1) is 0 Å². The van der Waals surface area contributed by atoms with Crippen molar-refractivity contribution in [2.24, 2.45) is 0 Å². The van der Waals surface area contributed by atoms with E-state index in [0.717, 1.165) is 94.4 Å². The molecule has 0 atom stereocenters. The number of likely N-dealkylation sites (N-methyl/N-ethyl adjacent to an activating group) is 1. The molecule has 2 aliphatic rings. The molecule has 2 saturated heterocycles. The highest BCUT2D eigenvalue weighted by atomic mass is 19.3. The molecule has 0 spiro atoms. The maximum Gasteiger partial charge on any atom is 0.387 e. The Morgan fingerprint density at radius 3 is 1.41 bits per heavy atom. The van der Waals surface area contributed by atoms with Crippen molar-refractivity contribution in [3.05, 3.63) is 47.5 Å². The van der Waals surface area contributed by atoms with Crippen molar-refractivity contribution in [3.63, 3.8) is 0 Å². The number of nitrogens with zero attached hydrogens (tertiary/aromatic N) is 4. The Morgan fingerprint density at radius 2 is 1.05 bits per heavy atom. The number of hydrogen-bond acceptors (Lipinski definition) is 6. The third-order valence-corrected chi connectivity index (χ3v) is 7.36. The average molecular weight is 555 g/mol. The summed E-state index contributed by atoms with van der Waals surface area (Å²) in [5, 5.41) is 0. The highest BCUT2D eigenvalue weighted by Crippen LogP contribution is 2.31. The van der Waals surface area contributed by atoms with Crippen LogP contribution < -0.4 is 19.3 Å². The summed E-state index contributed by atoms with van der Waals surface area (Å²) in [5.74, 6) is 0.541. The van der Waals surface area contributed by atoms with Crippen LogP contribution in [0.2, 0.25) is 0 Å². The van der Waals surface area contributed by atoms with Crippen LogP contribution in [0.1, 0.15) is 31.4 Å². The van der Waals surface area contributed by atoms with Gasteiger partial charge in [-0.15, -0.1) is 0 Å². The molecule has 2 aliphatic heterocycles. The fourth-order valence-corrected chi connectivity index (χ4v) is 5.17. The molecule has 0 unspecified atom stereocenters. The summed E-state index contributed by atoms with van der Waals surface area (Å²) in [6, 6.07) is 10.7. The first-order chi connectivity index (χ1) is 18.7. The van der Waals surface area contributed by atoms with Crippen molar-refractivity contribution in [2.45, 2.75) is 47.3 Å². The summed E-state index contributed by atoms with van der Waals surface area (Å²) >= 11 is 0. The number of halogens is 4. The molecule has 0 amide bonds. The van der Waals surface area contributed by atoms with Crippen molar-refractivity contribution in [1.29, 1.82) is 0 Å². The Labute approximate surface area is 230 Å². The monoisotopic (exact) mass is 554 g/mol. The maximum absolute atomic E-state index is 12.4. The Morgan fingerprint density at radius 1 is 0.641 bits per heavy atom. The molecule has 2 aromatic carbocycles. The molecule has 218 valence electrons. The molecule has 2 fully saturated rings. The quantitative estimate of drug-likeness (QED) is 0.361. The van der Waals surface area contributed by atoms with E-state index in [2.05, 4.69) is 42.9 Å². The molecule has 0 saturated carbocycles. The minimum absolute atomic E-state index is 0.269.